The Morgan fingerprint density at radius 3 is 2.37 bits per heavy atom. The Labute approximate surface area is 211 Å². The van der Waals surface area contributed by atoms with Crippen LogP contribution in [-0.2, 0) is 4.79 Å². The van der Waals surface area contributed by atoms with Crippen molar-refractivity contribution in [1.29, 1.82) is 0 Å². The fourth-order valence-corrected chi connectivity index (χ4v) is 4.29. The van der Waals surface area contributed by atoms with Gasteiger partial charge in [-0.25, -0.2) is 0 Å². The lowest BCUT2D eigenvalue weighted by molar-refractivity contribution is -0.133. The summed E-state index contributed by atoms with van der Waals surface area (Å²) in [7, 11) is 0. The number of aliphatic carboxylic acids is 1. The van der Waals surface area contributed by atoms with E-state index >= 15 is 0 Å². The molecule has 0 aromatic heterocycles. The van der Waals surface area contributed by atoms with Gasteiger partial charge in [0, 0.05) is 16.9 Å². The minimum absolute atomic E-state index is 0.0306. The molecule has 1 N–H and O–H groups in total. The standard InChI is InChI=1S/C29H32O5S/c1-19(2)23-10-12-26(25(17-23)29(32)22-8-6-5-7-9-22)34-21(4)14-15-33-24-11-13-27(20(3)16-24)35-18-28(30)31/h5-13,16-17,19,21H,14-15,18H2,1-4H3,(H,30,31). The zero-order chi connectivity index (χ0) is 25.4. The summed E-state index contributed by atoms with van der Waals surface area (Å²) < 4.78 is 12.1. The van der Waals surface area contributed by atoms with E-state index in [1.165, 1.54) is 11.8 Å². The molecule has 184 valence electrons. The van der Waals surface area contributed by atoms with Crippen molar-refractivity contribution in [3.63, 3.8) is 0 Å². The molecule has 1 unspecified atom stereocenters. The van der Waals surface area contributed by atoms with Gasteiger partial charge in [0.05, 0.1) is 24.0 Å². The highest BCUT2D eigenvalue weighted by molar-refractivity contribution is 8.00. The summed E-state index contributed by atoms with van der Waals surface area (Å²) in [6, 6.07) is 20.7. The van der Waals surface area contributed by atoms with Crippen LogP contribution in [0.1, 0.15) is 60.2 Å². The Morgan fingerprint density at radius 2 is 1.71 bits per heavy atom. The van der Waals surface area contributed by atoms with Gasteiger partial charge in [0.1, 0.15) is 11.5 Å². The van der Waals surface area contributed by atoms with Crippen molar-refractivity contribution in [2.24, 2.45) is 0 Å². The van der Waals surface area contributed by atoms with Gasteiger partial charge in [-0.2, -0.15) is 0 Å². The van der Waals surface area contributed by atoms with Crippen LogP contribution in [0.2, 0.25) is 0 Å². The number of ketones is 1. The van der Waals surface area contributed by atoms with E-state index in [1.54, 1.807) is 0 Å². The van der Waals surface area contributed by atoms with E-state index in [0.29, 0.717) is 35.8 Å². The van der Waals surface area contributed by atoms with E-state index in [1.807, 2.05) is 80.6 Å². The molecule has 0 heterocycles. The molecule has 3 aromatic carbocycles. The quantitative estimate of drug-likeness (QED) is 0.222. The van der Waals surface area contributed by atoms with E-state index in [-0.39, 0.29) is 17.6 Å². The number of rotatable bonds is 12. The van der Waals surface area contributed by atoms with Gasteiger partial charge in [-0.15, -0.1) is 11.8 Å². The molecule has 0 bridgehead atoms. The third-order valence-corrected chi connectivity index (χ3v) is 6.73. The molecule has 0 fully saturated rings. The lowest BCUT2D eigenvalue weighted by Crippen LogP contribution is -2.18. The number of hydrogen-bond donors (Lipinski definition) is 1. The number of thioether (sulfide) groups is 1. The Kier molecular flexibility index (Phi) is 9.38. The second kappa shape index (κ2) is 12.5. The van der Waals surface area contributed by atoms with Crippen LogP contribution in [0.5, 0.6) is 11.5 Å². The third-order valence-electron chi connectivity index (χ3n) is 5.57. The van der Waals surface area contributed by atoms with E-state index in [2.05, 4.69) is 13.8 Å². The summed E-state index contributed by atoms with van der Waals surface area (Å²) >= 11 is 1.30. The Hall–Kier alpha value is -3.25. The highest BCUT2D eigenvalue weighted by atomic mass is 32.2. The first-order valence-corrected chi connectivity index (χ1v) is 12.7. The lowest BCUT2D eigenvalue weighted by atomic mass is 9.96. The number of carboxylic acid groups (broad SMARTS) is 1. The molecule has 0 aliphatic carbocycles. The number of carboxylic acids is 1. The van der Waals surface area contributed by atoms with Gasteiger partial charge < -0.3 is 14.6 Å². The minimum Gasteiger partial charge on any atom is -0.493 e. The van der Waals surface area contributed by atoms with E-state index in [9.17, 15) is 9.59 Å². The number of carbonyl (C=O) groups excluding carboxylic acids is 1. The Morgan fingerprint density at radius 1 is 0.971 bits per heavy atom. The fourth-order valence-electron chi connectivity index (χ4n) is 3.56. The summed E-state index contributed by atoms with van der Waals surface area (Å²) in [6.45, 7) is 8.56. The molecule has 3 rings (SSSR count). The van der Waals surface area contributed by atoms with E-state index < -0.39 is 5.97 Å². The predicted molar refractivity (Wildman–Crippen MR) is 140 cm³/mol. The maximum absolute atomic E-state index is 13.2. The lowest BCUT2D eigenvalue weighted by Gasteiger charge is -2.19. The largest absolute Gasteiger partial charge is 0.493 e. The number of hydrogen-bond acceptors (Lipinski definition) is 5. The third kappa shape index (κ3) is 7.62. The van der Waals surface area contributed by atoms with Crippen molar-refractivity contribution in [1.82, 2.24) is 0 Å². The zero-order valence-electron chi connectivity index (χ0n) is 20.6. The average Bonchev–Trinajstić information content (AvgIpc) is 2.83. The maximum Gasteiger partial charge on any atom is 0.313 e. The van der Waals surface area contributed by atoms with Crippen LogP contribution in [0, 0.1) is 6.92 Å². The van der Waals surface area contributed by atoms with Crippen LogP contribution in [0.25, 0.3) is 0 Å². The topological polar surface area (TPSA) is 72.8 Å². The van der Waals surface area contributed by atoms with Gasteiger partial charge in [0.2, 0.25) is 0 Å². The van der Waals surface area contributed by atoms with Gasteiger partial charge in [-0.1, -0.05) is 50.2 Å². The highest BCUT2D eigenvalue weighted by Crippen LogP contribution is 2.29. The van der Waals surface area contributed by atoms with Crippen LogP contribution >= 0.6 is 11.8 Å². The number of aryl methyl sites for hydroxylation is 1. The SMILES string of the molecule is Cc1cc(OCCC(C)Oc2ccc(C(C)C)cc2C(=O)c2ccccc2)ccc1SCC(=O)O. The first-order chi connectivity index (χ1) is 16.7. The molecular formula is C29H32O5S. The van der Waals surface area contributed by atoms with Crippen LogP contribution < -0.4 is 9.47 Å². The van der Waals surface area contributed by atoms with Crippen LogP contribution in [0.15, 0.2) is 71.6 Å². The summed E-state index contributed by atoms with van der Waals surface area (Å²) in [4.78, 5) is 24.9. The maximum atomic E-state index is 13.2. The second-order valence-corrected chi connectivity index (χ2v) is 9.80. The zero-order valence-corrected chi connectivity index (χ0v) is 21.4. The Bertz CT molecular complexity index is 1160. The van der Waals surface area contributed by atoms with E-state index in [0.717, 1.165) is 21.8 Å². The molecule has 1 atom stereocenters. The summed E-state index contributed by atoms with van der Waals surface area (Å²) in [5.41, 5.74) is 3.27. The summed E-state index contributed by atoms with van der Waals surface area (Å²) in [6.07, 6.45) is 0.480. The number of carbonyl (C=O) groups is 2. The van der Waals surface area contributed by atoms with Gasteiger partial charge in [0.15, 0.2) is 5.78 Å². The first-order valence-electron chi connectivity index (χ1n) is 11.7. The van der Waals surface area contributed by atoms with E-state index in [4.69, 9.17) is 14.6 Å². The molecular weight excluding hydrogens is 460 g/mol. The molecule has 0 spiro atoms. The molecule has 35 heavy (non-hydrogen) atoms. The smallest absolute Gasteiger partial charge is 0.313 e. The highest BCUT2D eigenvalue weighted by Gasteiger charge is 2.18. The molecule has 0 saturated heterocycles. The molecule has 0 aliphatic rings. The van der Waals surface area contributed by atoms with Crippen molar-refractivity contribution in [3.8, 4) is 11.5 Å². The molecule has 0 saturated carbocycles. The molecule has 6 heteroatoms. The molecule has 0 radical (unpaired) electrons. The van der Waals surface area contributed by atoms with Crippen molar-refractivity contribution in [2.75, 3.05) is 12.4 Å². The van der Waals surface area contributed by atoms with Crippen molar-refractivity contribution < 1.29 is 24.2 Å². The minimum atomic E-state index is -0.837. The van der Waals surface area contributed by atoms with Crippen molar-refractivity contribution >= 4 is 23.5 Å². The van der Waals surface area contributed by atoms with Gasteiger partial charge in [0.25, 0.3) is 0 Å². The van der Waals surface area contributed by atoms with Crippen molar-refractivity contribution in [2.45, 2.75) is 51.0 Å². The van der Waals surface area contributed by atoms with Crippen molar-refractivity contribution in [3.05, 3.63) is 89.0 Å². The molecule has 0 amide bonds. The Balaban J connectivity index is 1.63. The van der Waals surface area contributed by atoms with Gasteiger partial charge in [-0.3, -0.25) is 9.59 Å². The van der Waals surface area contributed by atoms with Crippen LogP contribution in [0.4, 0.5) is 0 Å². The van der Waals surface area contributed by atoms with Gasteiger partial charge >= 0.3 is 5.97 Å². The monoisotopic (exact) mass is 492 g/mol. The van der Waals surface area contributed by atoms with Crippen LogP contribution in [0.3, 0.4) is 0 Å². The number of ether oxygens (including phenoxy) is 2. The fraction of sp³-hybridized carbons (Fsp3) is 0.310. The number of benzene rings is 3. The van der Waals surface area contributed by atoms with Gasteiger partial charge in [-0.05, 0) is 61.2 Å². The molecule has 0 aliphatic heterocycles. The summed E-state index contributed by atoms with van der Waals surface area (Å²) in [5.74, 6) is 0.749. The molecule has 3 aromatic rings. The normalized spacial score (nSPS) is 11.8. The second-order valence-electron chi connectivity index (χ2n) is 8.78. The average molecular weight is 493 g/mol. The predicted octanol–water partition coefficient (Wildman–Crippen LogP) is 6.76. The van der Waals surface area contributed by atoms with Crippen LogP contribution in [-0.4, -0.2) is 35.3 Å². The first kappa shape index (κ1) is 26.4. The molecule has 5 nitrogen and oxygen atoms in total. The summed E-state index contributed by atoms with van der Waals surface area (Å²) in [5, 5.41) is 8.86.